The second-order valence-corrected chi connectivity index (χ2v) is 4.93. The smallest absolute Gasteiger partial charge is 0.242 e. The van der Waals surface area contributed by atoms with Crippen LogP contribution < -0.4 is 5.32 Å². The van der Waals surface area contributed by atoms with E-state index in [-0.39, 0.29) is 11.8 Å². The van der Waals surface area contributed by atoms with Gasteiger partial charge in [0.15, 0.2) is 0 Å². The van der Waals surface area contributed by atoms with Crippen molar-refractivity contribution in [1.29, 1.82) is 0 Å². The lowest BCUT2D eigenvalue weighted by Crippen LogP contribution is -2.47. The number of aryl methyl sites for hydroxylation is 1. The maximum Gasteiger partial charge on any atom is 0.242 e. The number of benzene rings is 1. The van der Waals surface area contributed by atoms with Crippen molar-refractivity contribution in [3.8, 4) is 0 Å². The average molecular weight is 276 g/mol. The summed E-state index contributed by atoms with van der Waals surface area (Å²) in [6, 6.07) is 7.57. The van der Waals surface area contributed by atoms with Gasteiger partial charge < -0.3 is 10.2 Å². The molecule has 1 aromatic rings. The van der Waals surface area contributed by atoms with Crippen LogP contribution in [0.5, 0.6) is 0 Å². The van der Waals surface area contributed by atoms with Crippen LogP contribution in [0.15, 0.2) is 24.3 Å². The Morgan fingerprint density at radius 2 is 1.80 bits per heavy atom. The Labute approximate surface area is 121 Å². The summed E-state index contributed by atoms with van der Waals surface area (Å²) in [7, 11) is 0. The summed E-state index contributed by atoms with van der Waals surface area (Å²) in [5, 5.41) is 2.77. The van der Waals surface area contributed by atoms with Crippen LogP contribution in [0.25, 0.3) is 0 Å². The highest BCUT2D eigenvalue weighted by molar-refractivity contribution is 5.87. The molecule has 0 aliphatic heterocycles. The molecule has 1 rings (SSSR count). The topological polar surface area (TPSA) is 49.4 Å². The average Bonchev–Trinajstić information content (AvgIpc) is 2.45. The first-order valence-electron chi connectivity index (χ1n) is 7.12. The highest BCUT2D eigenvalue weighted by Gasteiger charge is 2.24. The third-order valence-electron chi connectivity index (χ3n) is 3.29. The van der Waals surface area contributed by atoms with E-state index in [1.807, 2.05) is 45.0 Å². The van der Waals surface area contributed by atoms with Gasteiger partial charge in [-0.05, 0) is 26.3 Å². The molecule has 1 N–H and O–H groups in total. The molecule has 0 heterocycles. The van der Waals surface area contributed by atoms with Crippen molar-refractivity contribution in [2.45, 2.75) is 46.7 Å². The van der Waals surface area contributed by atoms with Gasteiger partial charge >= 0.3 is 0 Å². The monoisotopic (exact) mass is 276 g/mol. The van der Waals surface area contributed by atoms with E-state index in [0.29, 0.717) is 19.5 Å². The van der Waals surface area contributed by atoms with Crippen LogP contribution in [-0.2, 0) is 16.1 Å². The van der Waals surface area contributed by atoms with Crippen LogP contribution in [0.3, 0.4) is 0 Å². The minimum absolute atomic E-state index is 0.00988. The second-order valence-electron chi connectivity index (χ2n) is 4.93. The Bertz CT molecular complexity index is 454. The third kappa shape index (κ3) is 4.37. The minimum Gasteiger partial charge on any atom is -0.355 e. The van der Waals surface area contributed by atoms with Gasteiger partial charge in [0.1, 0.15) is 6.04 Å². The molecule has 0 aliphatic carbocycles. The molecule has 0 radical (unpaired) electrons. The lowest BCUT2D eigenvalue weighted by molar-refractivity contribution is -0.140. The number of nitrogens with zero attached hydrogens (tertiary/aromatic N) is 1. The van der Waals surface area contributed by atoms with E-state index >= 15 is 0 Å². The van der Waals surface area contributed by atoms with Crippen molar-refractivity contribution < 1.29 is 9.59 Å². The van der Waals surface area contributed by atoms with Crippen LogP contribution in [0, 0.1) is 6.92 Å². The molecule has 1 unspecified atom stereocenters. The van der Waals surface area contributed by atoms with Crippen LogP contribution in [0.2, 0.25) is 0 Å². The molecule has 0 spiro atoms. The molecule has 0 aliphatic rings. The van der Waals surface area contributed by atoms with Gasteiger partial charge in [-0.1, -0.05) is 36.8 Å². The van der Waals surface area contributed by atoms with Gasteiger partial charge in [-0.15, -0.1) is 0 Å². The zero-order chi connectivity index (χ0) is 15.1. The number of carbonyl (C=O) groups excluding carboxylic acids is 2. The minimum atomic E-state index is -0.455. The Hall–Kier alpha value is -1.84. The fraction of sp³-hybridized carbons (Fsp3) is 0.500. The first kappa shape index (κ1) is 16.2. The second kappa shape index (κ2) is 7.68. The van der Waals surface area contributed by atoms with Crippen LogP contribution in [0.1, 0.15) is 38.3 Å². The molecule has 0 bridgehead atoms. The van der Waals surface area contributed by atoms with E-state index in [1.165, 1.54) is 5.56 Å². The molecular weight excluding hydrogens is 252 g/mol. The number of amides is 2. The summed E-state index contributed by atoms with van der Waals surface area (Å²) in [6.45, 7) is 8.52. The lowest BCUT2D eigenvalue weighted by atomic mass is 10.1. The summed E-state index contributed by atoms with van der Waals surface area (Å²) in [5.41, 5.74) is 2.22. The quantitative estimate of drug-likeness (QED) is 0.866. The van der Waals surface area contributed by atoms with Gasteiger partial charge in [0.25, 0.3) is 0 Å². The number of hydrogen-bond donors (Lipinski definition) is 1. The van der Waals surface area contributed by atoms with Crippen molar-refractivity contribution in [3.63, 3.8) is 0 Å². The summed E-state index contributed by atoms with van der Waals surface area (Å²) in [4.78, 5) is 25.7. The van der Waals surface area contributed by atoms with Gasteiger partial charge in [-0.3, -0.25) is 9.59 Å². The van der Waals surface area contributed by atoms with E-state index in [4.69, 9.17) is 0 Å². The molecule has 1 atom stereocenters. The van der Waals surface area contributed by atoms with Gasteiger partial charge in [-0.2, -0.15) is 0 Å². The lowest BCUT2D eigenvalue weighted by Gasteiger charge is -2.28. The van der Waals surface area contributed by atoms with Gasteiger partial charge in [0.2, 0.25) is 11.8 Å². The zero-order valence-electron chi connectivity index (χ0n) is 12.8. The van der Waals surface area contributed by atoms with E-state index in [0.717, 1.165) is 5.56 Å². The van der Waals surface area contributed by atoms with Crippen molar-refractivity contribution in [1.82, 2.24) is 10.2 Å². The van der Waals surface area contributed by atoms with Crippen molar-refractivity contribution >= 4 is 11.8 Å². The van der Waals surface area contributed by atoms with E-state index in [1.54, 1.807) is 11.8 Å². The standard InChI is InChI=1S/C16H24N2O2/c1-5-15(19)18(13(4)16(20)17-6-2)11-14-9-7-12(3)8-10-14/h7-10,13H,5-6,11H2,1-4H3,(H,17,20). The molecule has 4 nitrogen and oxygen atoms in total. The molecule has 4 heteroatoms. The summed E-state index contributed by atoms with van der Waals surface area (Å²) in [6.07, 6.45) is 0.398. The largest absolute Gasteiger partial charge is 0.355 e. The molecule has 0 saturated heterocycles. The third-order valence-corrected chi connectivity index (χ3v) is 3.29. The Kier molecular flexibility index (Phi) is 6.22. The fourth-order valence-electron chi connectivity index (χ4n) is 2.00. The maximum atomic E-state index is 12.1. The number of hydrogen-bond acceptors (Lipinski definition) is 2. The molecule has 0 aromatic heterocycles. The van der Waals surface area contributed by atoms with Crippen LogP contribution in [-0.4, -0.2) is 29.3 Å². The first-order valence-corrected chi connectivity index (χ1v) is 7.12. The van der Waals surface area contributed by atoms with E-state index in [9.17, 15) is 9.59 Å². The predicted octanol–water partition coefficient (Wildman–Crippen LogP) is 2.26. The van der Waals surface area contributed by atoms with Crippen LogP contribution >= 0.6 is 0 Å². The summed E-state index contributed by atoms with van der Waals surface area (Å²) < 4.78 is 0. The first-order chi connectivity index (χ1) is 9.49. The number of rotatable bonds is 6. The van der Waals surface area contributed by atoms with Crippen molar-refractivity contribution in [2.75, 3.05) is 6.54 Å². The number of likely N-dealkylation sites (N-methyl/N-ethyl adjacent to an activating group) is 1. The maximum absolute atomic E-state index is 12.1. The SMILES string of the molecule is CCNC(=O)C(C)N(Cc1ccc(C)cc1)C(=O)CC. The number of carbonyl (C=O) groups is 2. The highest BCUT2D eigenvalue weighted by atomic mass is 16.2. The fourth-order valence-corrected chi connectivity index (χ4v) is 2.00. The summed E-state index contributed by atoms with van der Waals surface area (Å²) in [5.74, 6) is -0.120. The predicted molar refractivity (Wildman–Crippen MR) is 80.2 cm³/mol. The highest BCUT2D eigenvalue weighted by Crippen LogP contribution is 2.11. The molecular formula is C16H24N2O2. The Balaban J connectivity index is 2.86. The molecule has 20 heavy (non-hydrogen) atoms. The van der Waals surface area contributed by atoms with Crippen molar-refractivity contribution in [3.05, 3.63) is 35.4 Å². The molecule has 110 valence electrons. The zero-order valence-corrected chi connectivity index (χ0v) is 12.8. The van der Waals surface area contributed by atoms with Crippen molar-refractivity contribution in [2.24, 2.45) is 0 Å². The summed E-state index contributed by atoms with van der Waals surface area (Å²) >= 11 is 0. The van der Waals surface area contributed by atoms with Gasteiger partial charge in [0.05, 0.1) is 0 Å². The number of nitrogens with one attached hydrogen (secondary N) is 1. The molecule has 0 fully saturated rings. The Morgan fingerprint density at radius 3 is 2.30 bits per heavy atom. The normalized spacial score (nSPS) is 11.8. The molecule has 0 saturated carbocycles. The molecule has 1 aromatic carbocycles. The Morgan fingerprint density at radius 1 is 1.20 bits per heavy atom. The van der Waals surface area contributed by atoms with Crippen LogP contribution in [0.4, 0.5) is 0 Å². The molecule has 2 amide bonds. The van der Waals surface area contributed by atoms with Gasteiger partial charge in [0, 0.05) is 19.5 Å². The van der Waals surface area contributed by atoms with E-state index in [2.05, 4.69) is 5.32 Å². The van der Waals surface area contributed by atoms with Gasteiger partial charge in [-0.25, -0.2) is 0 Å². The van der Waals surface area contributed by atoms with E-state index < -0.39 is 6.04 Å².